The van der Waals surface area contributed by atoms with Crippen molar-refractivity contribution in [3.8, 4) is 0 Å². The van der Waals surface area contributed by atoms with Gasteiger partial charge in [0.2, 0.25) is 0 Å². The monoisotopic (exact) mass is 945 g/mol. The van der Waals surface area contributed by atoms with Crippen molar-refractivity contribution in [3.63, 3.8) is 0 Å². The summed E-state index contributed by atoms with van der Waals surface area (Å²) in [7, 11) is 3.81. The minimum absolute atomic E-state index is 0.00661. The molecule has 16 rings (SSSR count). The second-order valence-electron chi connectivity index (χ2n) is 30.2. The highest BCUT2D eigenvalue weighted by atomic mass is 16.6. The molecule has 4 N–H and O–H groups in total. The van der Waals surface area contributed by atoms with Crippen molar-refractivity contribution in [2.75, 3.05) is 40.4 Å². The summed E-state index contributed by atoms with van der Waals surface area (Å²) in [5.41, 5.74) is -4.10. The van der Waals surface area contributed by atoms with E-state index in [0.29, 0.717) is 23.9 Å². The third kappa shape index (κ3) is 5.10. The molecule has 10 nitrogen and oxygen atoms in total. The number of hydrogen-bond donors (Lipinski definition) is 4. The fourth-order valence-corrected chi connectivity index (χ4v) is 23.1. The molecule has 68 heavy (non-hydrogen) atoms. The first kappa shape index (κ1) is 46.2. The maximum absolute atomic E-state index is 13.4. The Kier molecular flexibility index (Phi) is 9.43. The Morgan fingerprint density at radius 2 is 0.926 bits per heavy atom. The van der Waals surface area contributed by atoms with Crippen molar-refractivity contribution in [1.29, 1.82) is 0 Å². The summed E-state index contributed by atoms with van der Waals surface area (Å²) in [5.74, 6) is 2.58. The standard InChI is InChI=1S/C58H92N2O8/c1-49(2,3)51(7,63)37-27-53-15-17-57(37,65-9)47-55(53)19-21-59(29-31-11-12-31)39(53)25-33-23-35(43(61)45(67-47)41(33)55)36-24-34-26-40-54-16-18-58(66-10,38(28-54)52(8,64)50(4,5)6)48-56(54,42(34)46(68-48)44(36)62)20-22-60(40)30-32-13-14-32/h31-48,61-64H,11-30H2,1-10H3/t33?,34?,35?,36?,37-,38-,39-,40-,41?,42?,43?,44?,45?,46?,47-,48-,51+,52+,53-,54-,55+,56+,57-,58-/m1/s1. The van der Waals surface area contributed by atoms with Gasteiger partial charge in [-0.1, -0.05) is 41.5 Å². The van der Waals surface area contributed by atoms with E-state index in [1.165, 1.54) is 38.8 Å². The second-order valence-corrected chi connectivity index (χ2v) is 30.2. The Hall–Kier alpha value is -0.400. The highest BCUT2D eigenvalue weighted by molar-refractivity contribution is 5.37. The Labute approximate surface area is 409 Å². The van der Waals surface area contributed by atoms with Gasteiger partial charge in [0.15, 0.2) is 0 Å². The van der Waals surface area contributed by atoms with Crippen molar-refractivity contribution in [1.82, 2.24) is 9.80 Å². The maximum Gasteiger partial charge on any atom is 0.100 e. The second kappa shape index (κ2) is 13.9. The van der Waals surface area contributed by atoms with Gasteiger partial charge in [-0.2, -0.15) is 0 Å². The van der Waals surface area contributed by atoms with Crippen LogP contribution in [0.2, 0.25) is 0 Å². The Balaban J connectivity index is 0.854. The van der Waals surface area contributed by atoms with E-state index >= 15 is 0 Å². The zero-order valence-corrected chi connectivity index (χ0v) is 43.9. The molecule has 12 aliphatic carbocycles. The fourth-order valence-electron chi connectivity index (χ4n) is 23.1. The quantitative estimate of drug-likeness (QED) is 0.185. The molecule has 0 amide bonds. The van der Waals surface area contributed by atoms with Gasteiger partial charge in [0.1, 0.15) is 11.2 Å². The molecule has 10 unspecified atom stereocenters. The highest BCUT2D eigenvalue weighted by Gasteiger charge is 2.88. The Bertz CT molecular complexity index is 1930. The van der Waals surface area contributed by atoms with Gasteiger partial charge in [-0.05, 0) is 199 Å². The summed E-state index contributed by atoms with van der Waals surface area (Å²) in [6, 6.07) is 0.859. The van der Waals surface area contributed by atoms with E-state index in [2.05, 4.69) is 65.2 Å². The first-order chi connectivity index (χ1) is 32.0. The van der Waals surface area contributed by atoms with Crippen molar-refractivity contribution in [3.05, 3.63) is 0 Å². The highest BCUT2D eigenvalue weighted by Crippen LogP contribution is 2.84. The predicted molar refractivity (Wildman–Crippen MR) is 258 cm³/mol. The van der Waals surface area contributed by atoms with Crippen LogP contribution in [0.25, 0.3) is 0 Å². The minimum Gasteiger partial charge on any atom is -0.390 e. The number of likely N-dealkylation sites (tertiary alicyclic amines) is 2. The van der Waals surface area contributed by atoms with Gasteiger partial charge in [-0.25, -0.2) is 0 Å². The molecular weight excluding hydrogens is 853 g/mol. The average molecular weight is 945 g/mol. The van der Waals surface area contributed by atoms with Crippen LogP contribution < -0.4 is 0 Å². The van der Waals surface area contributed by atoms with E-state index in [9.17, 15) is 20.4 Å². The maximum atomic E-state index is 13.4. The van der Waals surface area contributed by atoms with Crippen molar-refractivity contribution < 1.29 is 39.4 Å². The zero-order chi connectivity index (χ0) is 47.5. The van der Waals surface area contributed by atoms with E-state index < -0.39 is 34.6 Å². The van der Waals surface area contributed by atoms with E-state index in [0.717, 1.165) is 102 Å². The molecule has 10 heteroatoms. The number of rotatable bonds is 9. The van der Waals surface area contributed by atoms with Crippen LogP contribution in [0.5, 0.6) is 0 Å². The summed E-state index contributed by atoms with van der Waals surface area (Å²) in [6.45, 7) is 22.0. The normalized spacial score (nSPS) is 58.1. The molecule has 382 valence electrons. The molecule has 4 saturated heterocycles. The van der Waals surface area contributed by atoms with Crippen LogP contribution in [0.1, 0.15) is 158 Å². The van der Waals surface area contributed by atoms with Crippen LogP contribution in [0.3, 0.4) is 0 Å². The molecule has 0 aromatic heterocycles. The van der Waals surface area contributed by atoms with Crippen LogP contribution in [0.4, 0.5) is 0 Å². The summed E-state index contributed by atoms with van der Waals surface area (Å²) < 4.78 is 29.6. The number of piperidine rings is 2. The van der Waals surface area contributed by atoms with E-state index in [4.69, 9.17) is 18.9 Å². The lowest BCUT2D eigenvalue weighted by Crippen LogP contribution is -2.83. The number of aliphatic hydroxyl groups is 4. The fraction of sp³-hybridized carbons (Fsp3) is 1.00. The minimum atomic E-state index is -0.974. The van der Waals surface area contributed by atoms with E-state index in [1.54, 1.807) is 0 Å². The number of fused-ring (bicyclic) bond motifs is 4. The largest absolute Gasteiger partial charge is 0.390 e. The predicted octanol–water partition coefficient (Wildman–Crippen LogP) is 7.46. The average Bonchev–Trinajstić information content (AvgIpc) is 4.22. The number of aliphatic hydroxyl groups excluding tert-OH is 2. The third-order valence-corrected chi connectivity index (χ3v) is 27.0. The van der Waals surface area contributed by atoms with Gasteiger partial charge < -0.3 is 39.4 Å². The van der Waals surface area contributed by atoms with Crippen LogP contribution in [0.15, 0.2) is 0 Å². The Morgan fingerprint density at radius 3 is 1.26 bits per heavy atom. The van der Waals surface area contributed by atoms with Crippen LogP contribution in [0, 0.1) is 91.7 Å². The lowest BCUT2D eigenvalue weighted by molar-refractivity contribution is -0.348. The lowest BCUT2D eigenvalue weighted by Gasteiger charge is -2.78. The Morgan fingerprint density at radius 1 is 0.544 bits per heavy atom. The number of methoxy groups -OCH3 is 2. The van der Waals surface area contributed by atoms with Crippen LogP contribution in [-0.4, -0.2) is 142 Å². The molecule has 16 fully saturated rings. The summed E-state index contributed by atoms with van der Waals surface area (Å²) in [4.78, 5) is 5.89. The van der Waals surface area contributed by atoms with Gasteiger partial charge in [0.05, 0.1) is 47.8 Å². The number of nitrogens with zero attached hydrogens (tertiary/aromatic N) is 2. The SMILES string of the molecule is CO[C@]12CC[C@@]3(C[C@@H]1[C@](C)(O)C(C)(C)C)[C@H]1CC4CC(C5CC6C[C@H]7N(CC8CC8)CC[C@]89C6C(O[C@H]8[C@@]6(OC)CC[C@@]79C[C@@H]6[C@](C)(O)C(C)(C)C)C5O)C(O)C5O[C@@H]2[C@]3(CCN1CC1CC1)C45. The van der Waals surface area contributed by atoms with Crippen molar-refractivity contribution >= 4 is 0 Å². The van der Waals surface area contributed by atoms with Gasteiger partial charge in [0.25, 0.3) is 0 Å². The molecule has 16 aliphatic rings. The molecular formula is C58H92N2O8. The topological polar surface area (TPSA) is 124 Å². The molecule has 4 aliphatic heterocycles. The van der Waals surface area contributed by atoms with Gasteiger partial charge in [-0.3, -0.25) is 9.80 Å². The third-order valence-electron chi connectivity index (χ3n) is 27.0. The molecule has 0 radical (unpaired) electrons. The summed E-state index contributed by atoms with van der Waals surface area (Å²) in [5, 5.41) is 52.6. The molecule has 8 bridgehead atoms. The lowest BCUT2D eigenvalue weighted by atomic mass is 9.29. The number of ether oxygens (including phenoxy) is 4. The van der Waals surface area contributed by atoms with Crippen molar-refractivity contribution in [2.45, 2.75) is 229 Å². The first-order valence-electron chi connectivity index (χ1n) is 28.7. The molecule has 4 heterocycles. The molecule has 24 atom stereocenters. The van der Waals surface area contributed by atoms with Gasteiger partial charge >= 0.3 is 0 Å². The van der Waals surface area contributed by atoms with Crippen LogP contribution >= 0.6 is 0 Å². The van der Waals surface area contributed by atoms with Crippen molar-refractivity contribution in [2.24, 2.45) is 91.7 Å². The summed E-state index contributed by atoms with van der Waals surface area (Å²) >= 11 is 0. The number of hydrogen-bond acceptors (Lipinski definition) is 10. The molecule has 0 aromatic carbocycles. The smallest absolute Gasteiger partial charge is 0.100 e. The molecule has 12 saturated carbocycles. The van der Waals surface area contributed by atoms with Gasteiger partial charge in [-0.15, -0.1) is 0 Å². The van der Waals surface area contributed by atoms with Gasteiger partial charge in [0, 0.05) is 62.1 Å². The van der Waals surface area contributed by atoms with Crippen LogP contribution in [-0.2, 0) is 18.9 Å². The molecule has 0 aromatic rings. The first-order valence-corrected chi connectivity index (χ1v) is 28.7. The van der Waals surface area contributed by atoms with E-state index in [1.807, 2.05) is 14.2 Å². The van der Waals surface area contributed by atoms with E-state index in [-0.39, 0.29) is 92.4 Å². The molecule has 4 spiro atoms. The zero-order valence-electron chi connectivity index (χ0n) is 43.9. The summed E-state index contributed by atoms with van der Waals surface area (Å²) in [6.07, 6.45) is 15.3.